The highest BCUT2D eigenvalue weighted by molar-refractivity contribution is 5.82. The van der Waals surface area contributed by atoms with E-state index in [0.29, 0.717) is 44.9 Å². The number of urea groups is 1. The van der Waals surface area contributed by atoms with Crippen molar-refractivity contribution in [2.45, 2.75) is 12.8 Å². The second kappa shape index (κ2) is 8.08. The van der Waals surface area contributed by atoms with Crippen LogP contribution < -0.4 is 10.1 Å². The van der Waals surface area contributed by atoms with Gasteiger partial charge in [0.05, 0.1) is 13.5 Å². The molecule has 0 radical (unpaired) electrons. The van der Waals surface area contributed by atoms with Crippen LogP contribution in [0.25, 0.3) is 0 Å². The van der Waals surface area contributed by atoms with Gasteiger partial charge in [0, 0.05) is 58.7 Å². The van der Waals surface area contributed by atoms with Crippen molar-refractivity contribution in [2.24, 2.45) is 5.41 Å². The van der Waals surface area contributed by atoms with Gasteiger partial charge < -0.3 is 24.8 Å². The Morgan fingerprint density at radius 2 is 1.93 bits per heavy atom. The van der Waals surface area contributed by atoms with E-state index < -0.39 is 5.41 Å². The third-order valence-corrected chi connectivity index (χ3v) is 5.38. The summed E-state index contributed by atoms with van der Waals surface area (Å²) in [6.07, 6.45) is 0.587. The normalized spacial score (nSPS) is 22.0. The zero-order valence-corrected chi connectivity index (χ0v) is 16.7. The van der Waals surface area contributed by atoms with E-state index in [1.807, 2.05) is 24.3 Å². The Bertz CT molecular complexity index is 766. The zero-order chi connectivity index (χ0) is 20.3. The van der Waals surface area contributed by atoms with Crippen LogP contribution in [0.4, 0.5) is 4.79 Å². The number of methoxy groups -OCH3 is 1. The molecule has 1 unspecified atom stereocenters. The van der Waals surface area contributed by atoms with Gasteiger partial charge in [0.1, 0.15) is 5.75 Å². The fraction of sp³-hybridized carbons (Fsp3) is 0.550. The Morgan fingerprint density at radius 1 is 1.21 bits per heavy atom. The molecule has 1 atom stereocenters. The average molecular weight is 388 g/mol. The van der Waals surface area contributed by atoms with Crippen molar-refractivity contribution in [3.8, 4) is 5.75 Å². The number of hydrogen-bond donors (Lipinski definition) is 1. The number of carbonyl (C=O) groups excluding carboxylic acids is 3. The van der Waals surface area contributed by atoms with E-state index >= 15 is 0 Å². The van der Waals surface area contributed by atoms with Gasteiger partial charge in [-0.3, -0.25) is 9.59 Å². The third kappa shape index (κ3) is 4.37. The fourth-order valence-electron chi connectivity index (χ4n) is 3.96. The Balaban J connectivity index is 1.78. The van der Waals surface area contributed by atoms with Gasteiger partial charge in [-0.2, -0.15) is 0 Å². The molecule has 1 N–H and O–H groups in total. The lowest BCUT2D eigenvalue weighted by Crippen LogP contribution is -2.47. The van der Waals surface area contributed by atoms with Crippen LogP contribution in [0.1, 0.15) is 12.0 Å². The highest BCUT2D eigenvalue weighted by atomic mass is 16.5. The highest BCUT2D eigenvalue weighted by Gasteiger charge is 2.45. The first-order valence-electron chi connectivity index (χ1n) is 9.45. The topological polar surface area (TPSA) is 82.2 Å². The van der Waals surface area contributed by atoms with Crippen molar-refractivity contribution in [1.82, 2.24) is 20.0 Å². The molecule has 3 rings (SSSR count). The molecule has 152 valence electrons. The lowest BCUT2D eigenvalue weighted by atomic mass is 9.86. The number of ether oxygens (including phenoxy) is 1. The summed E-state index contributed by atoms with van der Waals surface area (Å²) in [5.41, 5.74) is 0.438. The molecular formula is C20H28N4O4. The lowest BCUT2D eigenvalue weighted by Gasteiger charge is -2.33. The van der Waals surface area contributed by atoms with Gasteiger partial charge in [0.2, 0.25) is 11.8 Å². The molecule has 2 fully saturated rings. The summed E-state index contributed by atoms with van der Waals surface area (Å²) in [6, 6.07) is 7.36. The number of benzene rings is 1. The van der Waals surface area contributed by atoms with Crippen LogP contribution in [0.5, 0.6) is 5.75 Å². The van der Waals surface area contributed by atoms with E-state index in [0.717, 1.165) is 5.56 Å². The molecule has 2 aliphatic rings. The van der Waals surface area contributed by atoms with E-state index in [2.05, 4.69) is 5.32 Å². The minimum Gasteiger partial charge on any atom is -0.497 e. The third-order valence-electron chi connectivity index (χ3n) is 5.38. The summed E-state index contributed by atoms with van der Waals surface area (Å²) in [5.74, 6) is 0.677. The Morgan fingerprint density at radius 3 is 2.57 bits per heavy atom. The van der Waals surface area contributed by atoms with Gasteiger partial charge >= 0.3 is 6.03 Å². The molecular weight excluding hydrogens is 360 g/mol. The minimum atomic E-state index is -0.441. The molecule has 8 nitrogen and oxygen atoms in total. The highest BCUT2D eigenvalue weighted by Crippen LogP contribution is 2.31. The molecule has 0 aromatic heterocycles. The maximum atomic E-state index is 13.0. The number of nitrogens with one attached hydrogen (secondary N) is 1. The largest absolute Gasteiger partial charge is 0.497 e. The summed E-state index contributed by atoms with van der Waals surface area (Å²) >= 11 is 0. The molecule has 0 aliphatic carbocycles. The molecule has 0 saturated carbocycles. The summed E-state index contributed by atoms with van der Waals surface area (Å²) < 4.78 is 5.23. The molecule has 1 aromatic rings. The molecule has 2 saturated heterocycles. The smallest absolute Gasteiger partial charge is 0.319 e. The minimum absolute atomic E-state index is 0.00821. The average Bonchev–Trinajstić information content (AvgIpc) is 2.92. The van der Waals surface area contributed by atoms with Crippen LogP contribution in [-0.4, -0.2) is 86.5 Å². The van der Waals surface area contributed by atoms with Gasteiger partial charge in [0.15, 0.2) is 0 Å². The van der Waals surface area contributed by atoms with Crippen LogP contribution in [0, 0.1) is 5.41 Å². The molecule has 4 amide bonds. The van der Waals surface area contributed by atoms with Crippen molar-refractivity contribution in [3.05, 3.63) is 29.8 Å². The predicted octanol–water partition coefficient (Wildman–Crippen LogP) is 0.570. The van der Waals surface area contributed by atoms with Crippen molar-refractivity contribution in [1.29, 1.82) is 0 Å². The Hall–Kier alpha value is -2.77. The van der Waals surface area contributed by atoms with Crippen molar-refractivity contribution in [3.63, 3.8) is 0 Å². The number of hydrogen-bond acceptors (Lipinski definition) is 4. The van der Waals surface area contributed by atoms with E-state index in [1.54, 1.807) is 31.0 Å². The van der Waals surface area contributed by atoms with E-state index in [4.69, 9.17) is 4.74 Å². The van der Waals surface area contributed by atoms with Crippen LogP contribution in [0.2, 0.25) is 0 Å². The van der Waals surface area contributed by atoms with Crippen molar-refractivity contribution in [2.75, 3.05) is 53.9 Å². The van der Waals surface area contributed by atoms with Gasteiger partial charge in [0.25, 0.3) is 0 Å². The van der Waals surface area contributed by atoms with E-state index in [-0.39, 0.29) is 24.3 Å². The molecule has 1 aromatic carbocycles. The molecule has 1 spiro atoms. The quantitative estimate of drug-likeness (QED) is 0.821. The van der Waals surface area contributed by atoms with E-state index in [1.165, 1.54) is 4.90 Å². The van der Waals surface area contributed by atoms with Crippen LogP contribution in [0.15, 0.2) is 24.3 Å². The fourth-order valence-corrected chi connectivity index (χ4v) is 3.96. The SMILES string of the molecule is COc1cccc(CC(=O)N2CCN(C(=O)N(C)C)CC3(CNC(=O)C3)C2)c1. The lowest BCUT2D eigenvalue weighted by molar-refractivity contribution is -0.131. The van der Waals surface area contributed by atoms with Crippen LogP contribution >= 0.6 is 0 Å². The molecule has 2 aliphatic heterocycles. The standard InChI is InChI=1S/C20H28N4O4/c1-22(2)19(27)24-8-7-23(13-20(14-24)11-17(25)21-12-20)18(26)10-15-5-4-6-16(9-15)28-3/h4-6,9H,7-8,10-14H2,1-3H3,(H,21,25). The van der Waals surface area contributed by atoms with E-state index in [9.17, 15) is 14.4 Å². The van der Waals surface area contributed by atoms with Crippen molar-refractivity contribution < 1.29 is 19.1 Å². The monoisotopic (exact) mass is 388 g/mol. The second-order valence-corrected chi connectivity index (χ2v) is 7.90. The first-order valence-corrected chi connectivity index (χ1v) is 9.45. The zero-order valence-electron chi connectivity index (χ0n) is 16.7. The summed E-state index contributed by atoms with van der Waals surface area (Å²) in [4.78, 5) is 42.6. The van der Waals surface area contributed by atoms with Crippen LogP contribution in [0.3, 0.4) is 0 Å². The summed E-state index contributed by atoms with van der Waals surface area (Å²) in [7, 11) is 5.02. The first kappa shape index (κ1) is 20.0. The summed E-state index contributed by atoms with van der Waals surface area (Å²) in [5, 5.41) is 2.88. The predicted molar refractivity (Wildman–Crippen MR) is 104 cm³/mol. The number of nitrogens with zero attached hydrogens (tertiary/aromatic N) is 3. The maximum absolute atomic E-state index is 13.0. The van der Waals surface area contributed by atoms with Crippen LogP contribution in [-0.2, 0) is 16.0 Å². The first-order chi connectivity index (χ1) is 13.3. The molecule has 28 heavy (non-hydrogen) atoms. The number of carbonyl (C=O) groups is 3. The Kier molecular flexibility index (Phi) is 5.76. The van der Waals surface area contributed by atoms with Gasteiger partial charge in [-0.25, -0.2) is 4.79 Å². The van der Waals surface area contributed by atoms with Gasteiger partial charge in [-0.05, 0) is 17.7 Å². The van der Waals surface area contributed by atoms with Gasteiger partial charge in [-0.15, -0.1) is 0 Å². The summed E-state index contributed by atoms with van der Waals surface area (Å²) in [6.45, 7) is 2.32. The maximum Gasteiger partial charge on any atom is 0.319 e. The van der Waals surface area contributed by atoms with Crippen molar-refractivity contribution >= 4 is 17.8 Å². The molecule has 0 bridgehead atoms. The molecule has 8 heteroatoms. The number of rotatable bonds is 3. The van der Waals surface area contributed by atoms with Gasteiger partial charge in [-0.1, -0.05) is 12.1 Å². The molecule has 2 heterocycles. The second-order valence-electron chi connectivity index (χ2n) is 7.90. The number of amides is 4. The Labute approximate surface area is 165 Å².